The monoisotopic (exact) mass is 381 g/mol. The molecule has 1 aliphatic rings. The van der Waals surface area contributed by atoms with Gasteiger partial charge >= 0.3 is 6.09 Å². The van der Waals surface area contributed by atoms with Gasteiger partial charge in [0.2, 0.25) is 0 Å². The molecular formula is C20H23N5O3. The van der Waals surface area contributed by atoms with Crippen LogP contribution in [0.1, 0.15) is 0 Å². The summed E-state index contributed by atoms with van der Waals surface area (Å²) >= 11 is 0. The number of nitrogens with zero attached hydrogens (tertiary/aromatic N) is 2. The first-order valence-corrected chi connectivity index (χ1v) is 9.02. The fourth-order valence-electron chi connectivity index (χ4n) is 2.53. The van der Waals surface area contributed by atoms with Crippen molar-refractivity contribution >= 4 is 22.9 Å². The molecule has 3 aromatic rings. The normalized spacial score (nSPS) is 13.2. The third-order valence-electron chi connectivity index (χ3n) is 3.86. The molecule has 0 atom stereocenters. The minimum absolute atomic E-state index is 0.210. The predicted molar refractivity (Wildman–Crippen MR) is 108 cm³/mol. The smallest absolute Gasteiger partial charge is 0.418 e. The number of nitrogens with one attached hydrogen (secondary N) is 3. The Hall–Kier alpha value is -3.23. The maximum Gasteiger partial charge on any atom is 0.418 e. The summed E-state index contributed by atoms with van der Waals surface area (Å²) in [5.74, 6) is 0.874. The number of hydrogen-bond donors (Lipinski definition) is 3. The van der Waals surface area contributed by atoms with E-state index in [1.54, 1.807) is 30.3 Å². The first-order valence-electron chi connectivity index (χ1n) is 9.02. The Morgan fingerprint density at radius 1 is 0.893 bits per heavy atom. The van der Waals surface area contributed by atoms with Gasteiger partial charge in [0.15, 0.2) is 5.82 Å². The number of benzene rings is 2. The Bertz CT molecular complexity index is 889. The molecule has 3 N–H and O–H groups in total. The number of carbonyl (C=O) groups excluding carboxylic acids is 1. The molecule has 28 heavy (non-hydrogen) atoms. The van der Waals surface area contributed by atoms with Crippen LogP contribution in [0, 0.1) is 0 Å². The second-order valence-corrected chi connectivity index (χ2v) is 5.90. The van der Waals surface area contributed by atoms with Crippen molar-refractivity contribution in [1.29, 1.82) is 0 Å². The summed E-state index contributed by atoms with van der Waals surface area (Å²) in [6.07, 6.45) is -0.658. The van der Waals surface area contributed by atoms with Gasteiger partial charge in [0.25, 0.3) is 5.88 Å². The lowest BCUT2D eigenvalue weighted by Gasteiger charge is -2.11. The van der Waals surface area contributed by atoms with E-state index in [9.17, 15) is 4.79 Å². The number of hydrogen-bond acceptors (Lipinski definition) is 7. The molecule has 8 nitrogen and oxygen atoms in total. The molecule has 0 spiro atoms. The minimum Gasteiger partial charge on any atom is -0.478 e. The number of fused-ring (bicyclic) bond motifs is 1. The molecule has 0 aliphatic carbocycles. The maximum absolute atomic E-state index is 11.9. The van der Waals surface area contributed by atoms with Crippen molar-refractivity contribution in [3.63, 3.8) is 0 Å². The zero-order chi connectivity index (χ0) is 19.6. The molecular weight excluding hydrogens is 358 g/mol. The number of rotatable bonds is 3. The van der Waals surface area contributed by atoms with Crippen LogP contribution in [0.5, 0.6) is 11.6 Å². The van der Waals surface area contributed by atoms with Gasteiger partial charge in [0.05, 0.1) is 18.1 Å². The number of carbonyl (C=O) groups is 1. The lowest BCUT2D eigenvalue weighted by atomic mass is 10.3. The first kappa shape index (κ1) is 19.5. The molecule has 0 saturated carbocycles. The topological polar surface area (TPSA) is 97.4 Å². The molecule has 1 saturated heterocycles. The molecule has 4 rings (SSSR count). The van der Waals surface area contributed by atoms with Crippen LogP contribution in [-0.4, -0.2) is 49.4 Å². The third-order valence-corrected chi connectivity index (χ3v) is 3.86. The van der Waals surface area contributed by atoms with E-state index in [0.29, 0.717) is 16.8 Å². The van der Waals surface area contributed by atoms with Crippen LogP contribution >= 0.6 is 0 Å². The van der Waals surface area contributed by atoms with Crippen LogP contribution in [0.15, 0.2) is 54.6 Å². The SMILES string of the molecule is C1CNCCN1.COc1nc2ccccc2nc1NC(=O)Oc1ccccc1. The van der Waals surface area contributed by atoms with Crippen LogP contribution < -0.4 is 25.4 Å². The number of piperazine rings is 1. The highest BCUT2D eigenvalue weighted by atomic mass is 16.6. The molecule has 1 fully saturated rings. The van der Waals surface area contributed by atoms with Crippen molar-refractivity contribution in [3.05, 3.63) is 54.6 Å². The van der Waals surface area contributed by atoms with E-state index in [4.69, 9.17) is 9.47 Å². The largest absolute Gasteiger partial charge is 0.478 e. The van der Waals surface area contributed by atoms with E-state index >= 15 is 0 Å². The summed E-state index contributed by atoms with van der Waals surface area (Å²) in [5.41, 5.74) is 1.33. The lowest BCUT2D eigenvalue weighted by molar-refractivity contribution is 0.215. The van der Waals surface area contributed by atoms with Crippen LogP contribution in [0.4, 0.5) is 10.6 Å². The fourth-order valence-corrected chi connectivity index (χ4v) is 2.53. The van der Waals surface area contributed by atoms with E-state index in [-0.39, 0.29) is 11.7 Å². The molecule has 8 heteroatoms. The van der Waals surface area contributed by atoms with Gasteiger partial charge in [-0.05, 0) is 24.3 Å². The summed E-state index contributed by atoms with van der Waals surface area (Å²) in [6.45, 7) is 4.56. The van der Waals surface area contributed by atoms with Crippen molar-refractivity contribution in [2.45, 2.75) is 0 Å². The first-order chi connectivity index (χ1) is 13.8. The Labute approximate surface area is 163 Å². The lowest BCUT2D eigenvalue weighted by Crippen LogP contribution is -2.39. The average molecular weight is 381 g/mol. The molecule has 1 aliphatic heterocycles. The summed E-state index contributed by atoms with van der Waals surface area (Å²) < 4.78 is 10.3. The zero-order valence-electron chi connectivity index (χ0n) is 15.6. The Morgan fingerprint density at radius 2 is 1.46 bits per heavy atom. The zero-order valence-corrected chi connectivity index (χ0v) is 15.6. The van der Waals surface area contributed by atoms with Gasteiger partial charge in [-0.25, -0.2) is 14.8 Å². The van der Waals surface area contributed by atoms with Crippen molar-refractivity contribution in [2.24, 2.45) is 0 Å². The van der Waals surface area contributed by atoms with Crippen molar-refractivity contribution in [1.82, 2.24) is 20.6 Å². The molecule has 1 aromatic heterocycles. The predicted octanol–water partition coefficient (Wildman–Crippen LogP) is 2.43. The molecule has 146 valence electrons. The summed E-state index contributed by atoms with van der Waals surface area (Å²) in [5, 5.41) is 8.99. The van der Waals surface area contributed by atoms with Gasteiger partial charge in [-0.1, -0.05) is 30.3 Å². The Kier molecular flexibility index (Phi) is 7.11. The van der Waals surface area contributed by atoms with Crippen molar-refractivity contribution < 1.29 is 14.3 Å². The van der Waals surface area contributed by atoms with Gasteiger partial charge in [-0.3, -0.25) is 5.32 Å². The van der Waals surface area contributed by atoms with E-state index in [1.165, 1.54) is 7.11 Å². The van der Waals surface area contributed by atoms with Gasteiger partial charge < -0.3 is 20.1 Å². The highest BCUT2D eigenvalue weighted by Gasteiger charge is 2.13. The van der Waals surface area contributed by atoms with E-state index in [1.807, 2.05) is 24.3 Å². The Morgan fingerprint density at radius 3 is 2.04 bits per heavy atom. The van der Waals surface area contributed by atoms with Crippen molar-refractivity contribution in [2.75, 3.05) is 38.6 Å². The van der Waals surface area contributed by atoms with E-state index in [0.717, 1.165) is 26.2 Å². The van der Waals surface area contributed by atoms with E-state index < -0.39 is 6.09 Å². The quantitative estimate of drug-likeness (QED) is 0.641. The molecule has 0 bridgehead atoms. The second kappa shape index (κ2) is 10.2. The summed E-state index contributed by atoms with van der Waals surface area (Å²) in [4.78, 5) is 20.6. The Balaban J connectivity index is 0.000000320. The number of methoxy groups -OCH3 is 1. The van der Waals surface area contributed by atoms with Crippen molar-refractivity contribution in [3.8, 4) is 11.6 Å². The van der Waals surface area contributed by atoms with Crippen LogP contribution in [-0.2, 0) is 0 Å². The highest BCUT2D eigenvalue weighted by molar-refractivity contribution is 5.88. The van der Waals surface area contributed by atoms with Gasteiger partial charge in [-0.2, -0.15) is 0 Å². The standard InChI is InChI=1S/C16H13N3O3.C4H10N2/c1-21-15-14(17-12-9-5-6-10-13(12)18-15)19-16(20)22-11-7-3-2-4-8-11;1-2-6-4-3-5-1/h2-10H,1H3,(H,17,19,20);5-6H,1-4H2. The highest BCUT2D eigenvalue weighted by Crippen LogP contribution is 2.23. The third kappa shape index (κ3) is 5.63. The van der Waals surface area contributed by atoms with Crippen LogP contribution in [0.3, 0.4) is 0 Å². The van der Waals surface area contributed by atoms with Crippen LogP contribution in [0.25, 0.3) is 11.0 Å². The maximum atomic E-state index is 11.9. The molecule has 2 heterocycles. The summed E-state index contributed by atoms with van der Waals surface area (Å²) in [6, 6.07) is 16.1. The number of para-hydroxylation sites is 3. The number of anilines is 1. The number of amides is 1. The average Bonchev–Trinajstić information content (AvgIpc) is 2.75. The molecule has 0 radical (unpaired) electrons. The van der Waals surface area contributed by atoms with E-state index in [2.05, 4.69) is 25.9 Å². The van der Waals surface area contributed by atoms with Crippen LogP contribution in [0.2, 0.25) is 0 Å². The fraction of sp³-hybridized carbons (Fsp3) is 0.250. The number of ether oxygens (including phenoxy) is 2. The summed E-state index contributed by atoms with van der Waals surface area (Å²) in [7, 11) is 1.46. The minimum atomic E-state index is -0.658. The molecule has 0 unspecified atom stereocenters. The molecule has 1 amide bonds. The van der Waals surface area contributed by atoms with Gasteiger partial charge in [0, 0.05) is 26.2 Å². The number of aromatic nitrogens is 2. The second-order valence-electron chi connectivity index (χ2n) is 5.90. The van der Waals surface area contributed by atoms with Gasteiger partial charge in [0.1, 0.15) is 5.75 Å². The van der Waals surface area contributed by atoms with Gasteiger partial charge in [-0.15, -0.1) is 0 Å². The molecule has 2 aromatic carbocycles.